The van der Waals surface area contributed by atoms with Crippen LogP contribution in [0.2, 0.25) is 0 Å². The number of rotatable bonds is 5. The van der Waals surface area contributed by atoms with Crippen molar-refractivity contribution < 1.29 is 9.53 Å². The summed E-state index contributed by atoms with van der Waals surface area (Å²) in [6, 6.07) is 7.81. The first-order valence-corrected chi connectivity index (χ1v) is 7.16. The second-order valence-electron chi connectivity index (χ2n) is 4.54. The van der Waals surface area contributed by atoms with Gasteiger partial charge in [-0.2, -0.15) is 0 Å². The van der Waals surface area contributed by atoms with Gasteiger partial charge in [-0.15, -0.1) is 0 Å². The average Bonchev–Trinajstić information content (AvgIpc) is 2.85. The van der Waals surface area contributed by atoms with Gasteiger partial charge >= 0.3 is 0 Å². The molecule has 1 amide bonds. The van der Waals surface area contributed by atoms with Crippen molar-refractivity contribution in [3.05, 3.63) is 34.3 Å². The molecule has 0 bridgehead atoms. The predicted molar refractivity (Wildman–Crippen MR) is 74.4 cm³/mol. The largest absolute Gasteiger partial charge is 0.378 e. The monoisotopic (exact) mass is 311 g/mol. The van der Waals surface area contributed by atoms with E-state index < -0.39 is 0 Å². The van der Waals surface area contributed by atoms with Crippen LogP contribution in [-0.4, -0.2) is 25.2 Å². The van der Waals surface area contributed by atoms with Crippen molar-refractivity contribution in [2.24, 2.45) is 0 Å². The maximum atomic E-state index is 11.8. The number of carbonyl (C=O) groups is 1. The summed E-state index contributed by atoms with van der Waals surface area (Å²) in [6.07, 6.45) is 3.96. The molecule has 1 saturated heterocycles. The minimum absolute atomic E-state index is 0.0693. The molecule has 0 saturated carbocycles. The van der Waals surface area contributed by atoms with E-state index in [1.54, 1.807) is 0 Å². The molecule has 0 radical (unpaired) electrons. The number of carbonyl (C=O) groups excluding carboxylic acids is 1. The van der Waals surface area contributed by atoms with Crippen molar-refractivity contribution in [1.82, 2.24) is 5.32 Å². The molecule has 1 aromatic rings. The first kappa shape index (κ1) is 13.6. The quantitative estimate of drug-likeness (QED) is 0.908. The lowest BCUT2D eigenvalue weighted by molar-refractivity contribution is -0.120. The second kappa shape index (κ2) is 6.90. The summed E-state index contributed by atoms with van der Waals surface area (Å²) in [4.78, 5) is 11.8. The summed E-state index contributed by atoms with van der Waals surface area (Å²) in [5.74, 6) is 0.0693. The van der Waals surface area contributed by atoms with E-state index in [1.807, 2.05) is 24.3 Å². The highest BCUT2D eigenvalue weighted by molar-refractivity contribution is 9.10. The minimum atomic E-state index is 0.0693. The Morgan fingerprint density at radius 1 is 1.44 bits per heavy atom. The number of amides is 1. The van der Waals surface area contributed by atoms with E-state index in [0.29, 0.717) is 19.1 Å². The number of ether oxygens (including phenoxy) is 1. The first-order valence-electron chi connectivity index (χ1n) is 6.37. The second-order valence-corrected chi connectivity index (χ2v) is 5.40. The van der Waals surface area contributed by atoms with Crippen LogP contribution in [0.4, 0.5) is 0 Å². The Hall–Kier alpha value is -0.870. The lowest BCUT2D eigenvalue weighted by Gasteiger charge is -2.10. The molecule has 1 atom stereocenters. The highest BCUT2D eigenvalue weighted by Gasteiger charge is 2.15. The molecular weight excluding hydrogens is 294 g/mol. The minimum Gasteiger partial charge on any atom is -0.378 e. The summed E-state index contributed by atoms with van der Waals surface area (Å²) in [5.41, 5.74) is 1.02. The fraction of sp³-hybridized carbons (Fsp3) is 0.500. The van der Waals surface area contributed by atoms with E-state index in [9.17, 15) is 4.79 Å². The van der Waals surface area contributed by atoms with Crippen LogP contribution in [-0.2, 0) is 16.0 Å². The van der Waals surface area contributed by atoms with Gasteiger partial charge < -0.3 is 10.1 Å². The van der Waals surface area contributed by atoms with E-state index in [1.165, 1.54) is 0 Å². The molecule has 0 unspecified atom stereocenters. The smallest absolute Gasteiger partial charge is 0.224 e. The third-order valence-corrected chi connectivity index (χ3v) is 3.89. The molecule has 4 heteroatoms. The van der Waals surface area contributed by atoms with E-state index in [0.717, 1.165) is 35.9 Å². The van der Waals surface area contributed by atoms with E-state index in [2.05, 4.69) is 21.2 Å². The van der Waals surface area contributed by atoms with Crippen molar-refractivity contribution in [2.45, 2.75) is 31.8 Å². The lowest BCUT2D eigenvalue weighted by atomic mass is 10.1. The molecule has 1 N–H and O–H groups in total. The molecule has 1 aliphatic rings. The maximum Gasteiger partial charge on any atom is 0.224 e. The molecule has 98 valence electrons. The van der Waals surface area contributed by atoms with Gasteiger partial charge in [-0.05, 0) is 30.9 Å². The fourth-order valence-corrected chi connectivity index (χ4v) is 2.55. The standard InChI is InChI=1S/C14H18BrNO2/c15-13-6-2-1-4-11(13)10-14(17)16-8-7-12-5-3-9-18-12/h1-2,4,6,12H,3,5,7-10H2,(H,16,17)/t12-/m0/s1. The van der Waals surface area contributed by atoms with E-state index >= 15 is 0 Å². The Morgan fingerprint density at radius 2 is 2.28 bits per heavy atom. The van der Waals surface area contributed by atoms with Gasteiger partial charge in [-0.25, -0.2) is 0 Å². The molecular formula is C14H18BrNO2. The molecule has 1 aromatic carbocycles. The molecule has 0 spiro atoms. The topological polar surface area (TPSA) is 38.3 Å². The summed E-state index contributed by atoms with van der Waals surface area (Å²) in [6.45, 7) is 1.57. The summed E-state index contributed by atoms with van der Waals surface area (Å²) in [7, 11) is 0. The van der Waals surface area contributed by atoms with Crippen LogP contribution < -0.4 is 5.32 Å². The molecule has 1 heterocycles. The Kier molecular flexibility index (Phi) is 5.20. The van der Waals surface area contributed by atoms with Crippen molar-refractivity contribution in [3.8, 4) is 0 Å². The number of hydrogen-bond acceptors (Lipinski definition) is 2. The van der Waals surface area contributed by atoms with Crippen LogP contribution in [0.1, 0.15) is 24.8 Å². The van der Waals surface area contributed by atoms with E-state index in [4.69, 9.17) is 4.74 Å². The zero-order chi connectivity index (χ0) is 12.8. The van der Waals surface area contributed by atoms with Gasteiger partial charge in [0.25, 0.3) is 0 Å². The van der Waals surface area contributed by atoms with Crippen LogP contribution in [0.5, 0.6) is 0 Å². The van der Waals surface area contributed by atoms with Gasteiger partial charge in [0.2, 0.25) is 5.91 Å². The third kappa shape index (κ3) is 4.10. The molecule has 2 rings (SSSR count). The molecule has 0 aliphatic carbocycles. The van der Waals surface area contributed by atoms with Gasteiger partial charge in [0.1, 0.15) is 0 Å². The highest BCUT2D eigenvalue weighted by Crippen LogP contribution is 2.16. The molecule has 1 aliphatic heterocycles. The average molecular weight is 312 g/mol. The lowest BCUT2D eigenvalue weighted by Crippen LogP contribution is -2.28. The van der Waals surface area contributed by atoms with Gasteiger partial charge in [-0.3, -0.25) is 4.79 Å². The van der Waals surface area contributed by atoms with E-state index in [-0.39, 0.29) is 5.91 Å². The Morgan fingerprint density at radius 3 is 3.00 bits per heavy atom. The summed E-state index contributed by atoms with van der Waals surface area (Å²) >= 11 is 3.45. The SMILES string of the molecule is O=C(Cc1ccccc1Br)NCC[C@@H]1CCCO1. The van der Waals surface area contributed by atoms with Crippen LogP contribution in [0.3, 0.4) is 0 Å². The Bertz CT molecular complexity index is 403. The van der Waals surface area contributed by atoms with Crippen molar-refractivity contribution in [3.63, 3.8) is 0 Å². The zero-order valence-corrected chi connectivity index (χ0v) is 11.9. The zero-order valence-electron chi connectivity index (χ0n) is 10.3. The third-order valence-electron chi connectivity index (χ3n) is 3.12. The van der Waals surface area contributed by atoms with Gasteiger partial charge in [0, 0.05) is 17.6 Å². The van der Waals surface area contributed by atoms with Gasteiger partial charge in [-0.1, -0.05) is 34.1 Å². The Labute approximate surface area is 116 Å². The molecule has 1 fully saturated rings. The van der Waals surface area contributed by atoms with Crippen LogP contribution in [0.15, 0.2) is 28.7 Å². The molecule has 3 nitrogen and oxygen atoms in total. The maximum absolute atomic E-state index is 11.8. The first-order chi connectivity index (χ1) is 8.75. The Balaban J connectivity index is 1.70. The summed E-state index contributed by atoms with van der Waals surface area (Å²) < 4.78 is 6.50. The van der Waals surface area contributed by atoms with Crippen LogP contribution in [0.25, 0.3) is 0 Å². The van der Waals surface area contributed by atoms with Gasteiger partial charge in [0.05, 0.1) is 12.5 Å². The normalized spacial score (nSPS) is 18.8. The highest BCUT2D eigenvalue weighted by atomic mass is 79.9. The van der Waals surface area contributed by atoms with Crippen molar-refractivity contribution >= 4 is 21.8 Å². The molecule has 18 heavy (non-hydrogen) atoms. The van der Waals surface area contributed by atoms with Crippen molar-refractivity contribution in [2.75, 3.05) is 13.2 Å². The fourth-order valence-electron chi connectivity index (χ4n) is 2.12. The number of hydrogen-bond donors (Lipinski definition) is 1. The van der Waals surface area contributed by atoms with Crippen LogP contribution >= 0.6 is 15.9 Å². The molecule has 0 aromatic heterocycles. The number of nitrogens with one attached hydrogen (secondary N) is 1. The number of halogens is 1. The predicted octanol–water partition coefficient (Wildman–Crippen LogP) is 2.68. The van der Waals surface area contributed by atoms with Crippen molar-refractivity contribution in [1.29, 1.82) is 0 Å². The van der Waals surface area contributed by atoms with Crippen LogP contribution in [0, 0.1) is 0 Å². The number of benzene rings is 1. The summed E-state index contributed by atoms with van der Waals surface area (Å²) in [5, 5.41) is 2.95. The van der Waals surface area contributed by atoms with Gasteiger partial charge in [0.15, 0.2) is 0 Å².